The maximum absolute atomic E-state index is 9.72. The van der Waals surface area contributed by atoms with E-state index in [0.29, 0.717) is 0 Å². The molecule has 2 N–H and O–H groups in total. The van der Waals surface area contributed by atoms with E-state index in [4.69, 9.17) is 0 Å². The third kappa shape index (κ3) is 3.46. The van der Waals surface area contributed by atoms with Crippen LogP contribution in [0, 0.1) is 0 Å². The zero-order valence-electron chi connectivity index (χ0n) is 7.63. The second-order valence-electron chi connectivity index (χ2n) is 2.96. The summed E-state index contributed by atoms with van der Waals surface area (Å²) in [5.41, 5.74) is 0.963. The van der Waals surface area contributed by atoms with Gasteiger partial charge in [-0.3, -0.25) is 0 Å². The van der Waals surface area contributed by atoms with Crippen molar-refractivity contribution in [1.82, 2.24) is 5.32 Å². The standard InChI is InChI=1S/C10H14BrNO/c1-12-6-5-10(13)8-3-2-4-9(11)7-8/h2-4,7,10,12-13H,5-6H2,1H3/t10-/m0/s1. The molecule has 0 spiro atoms. The topological polar surface area (TPSA) is 32.3 Å². The molecule has 0 aliphatic carbocycles. The fourth-order valence-corrected chi connectivity index (χ4v) is 1.58. The first kappa shape index (κ1) is 10.7. The van der Waals surface area contributed by atoms with Gasteiger partial charge in [0.25, 0.3) is 0 Å². The molecular formula is C10H14BrNO. The molecule has 0 aliphatic heterocycles. The number of hydrogen-bond acceptors (Lipinski definition) is 2. The summed E-state index contributed by atoms with van der Waals surface area (Å²) in [6.07, 6.45) is 0.373. The van der Waals surface area contributed by atoms with Gasteiger partial charge in [-0.1, -0.05) is 28.1 Å². The highest BCUT2D eigenvalue weighted by Crippen LogP contribution is 2.19. The molecule has 3 heteroatoms. The van der Waals surface area contributed by atoms with Crippen LogP contribution in [0.4, 0.5) is 0 Å². The predicted molar refractivity (Wildman–Crippen MR) is 57.6 cm³/mol. The fourth-order valence-electron chi connectivity index (χ4n) is 1.16. The summed E-state index contributed by atoms with van der Waals surface area (Å²) in [5.74, 6) is 0. The Labute approximate surface area is 87.1 Å². The highest BCUT2D eigenvalue weighted by Gasteiger charge is 2.05. The zero-order chi connectivity index (χ0) is 9.68. The molecule has 0 unspecified atom stereocenters. The highest BCUT2D eigenvalue weighted by atomic mass is 79.9. The van der Waals surface area contributed by atoms with Gasteiger partial charge in [0.2, 0.25) is 0 Å². The van der Waals surface area contributed by atoms with Gasteiger partial charge in [0.1, 0.15) is 0 Å². The SMILES string of the molecule is CNCC[C@H](O)c1cccc(Br)c1. The van der Waals surface area contributed by atoms with Gasteiger partial charge in [-0.25, -0.2) is 0 Å². The molecule has 0 heterocycles. The Balaban J connectivity index is 2.60. The highest BCUT2D eigenvalue weighted by molar-refractivity contribution is 9.10. The van der Waals surface area contributed by atoms with Crippen molar-refractivity contribution in [3.63, 3.8) is 0 Å². The summed E-state index contributed by atoms with van der Waals surface area (Å²) in [5, 5.41) is 12.7. The maximum Gasteiger partial charge on any atom is 0.0802 e. The lowest BCUT2D eigenvalue weighted by Gasteiger charge is -2.10. The van der Waals surface area contributed by atoms with Gasteiger partial charge in [0.15, 0.2) is 0 Å². The second-order valence-corrected chi connectivity index (χ2v) is 3.88. The number of nitrogens with one attached hydrogen (secondary N) is 1. The molecule has 0 saturated carbocycles. The Kier molecular flexibility index (Phi) is 4.42. The Morgan fingerprint density at radius 3 is 2.92 bits per heavy atom. The molecule has 0 aromatic heterocycles. The molecule has 0 radical (unpaired) electrons. The van der Waals surface area contributed by atoms with Gasteiger partial charge in [0, 0.05) is 4.47 Å². The van der Waals surface area contributed by atoms with E-state index in [9.17, 15) is 5.11 Å². The first-order chi connectivity index (χ1) is 6.24. The van der Waals surface area contributed by atoms with Gasteiger partial charge in [-0.2, -0.15) is 0 Å². The summed E-state index contributed by atoms with van der Waals surface area (Å²) in [4.78, 5) is 0. The molecule has 0 aliphatic rings. The van der Waals surface area contributed by atoms with Crippen molar-refractivity contribution in [2.24, 2.45) is 0 Å². The smallest absolute Gasteiger partial charge is 0.0802 e. The van der Waals surface area contributed by atoms with Crippen LogP contribution in [-0.2, 0) is 0 Å². The molecule has 72 valence electrons. The molecule has 13 heavy (non-hydrogen) atoms. The summed E-state index contributed by atoms with van der Waals surface area (Å²) in [6.45, 7) is 0.827. The molecular weight excluding hydrogens is 230 g/mol. The van der Waals surface area contributed by atoms with Crippen LogP contribution in [0.1, 0.15) is 18.1 Å². The zero-order valence-corrected chi connectivity index (χ0v) is 9.21. The normalized spacial score (nSPS) is 12.8. The molecule has 0 fully saturated rings. The predicted octanol–water partition coefficient (Wildman–Crippen LogP) is 2.09. The van der Waals surface area contributed by atoms with E-state index >= 15 is 0 Å². The number of aliphatic hydroxyl groups excluding tert-OH is 1. The second kappa shape index (κ2) is 5.37. The number of halogens is 1. The van der Waals surface area contributed by atoms with Crippen LogP contribution in [0.5, 0.6) is 0 Å². The monoisotopic (exact) mass is 243 g/mol. The third-order valence-corrected chi connectivity index (χ3v) is 2.39. The number of hydrogen-bond donors (Lipinski definition) is 2. The Morgan fingerprint density at radius 1 is 1.54 bits per heavy atom. The average Bonchev–Trinajstić information content (AvgIpc) is 2.14. The van der Waals surface area contributed by atoms with Crippen LogP contribution < -0.4 is 5.32 Å². The molecule has 1 atom stereocenters. The van der Waals surface area contributed by atoms with E-state index in [1.54, 1.807) is 0 Å². The lowest BCUT2D eigenvalue weighted by Crippen LogP contribution is -2.11. The summed E-state index contributed by atoms with van der Waals surface area (Å²) in [6, 6.07) is 7.77. The van der Waals surface area contributed by atoms with Crippen molar-refractivity contribution in [3.05, 3.63) is 34.3 Å². The van der Waals surface area contributed by atoms with E-state index in [2.05, 4.69) is 21.2 Å². The first-order valence-corrected chi connectivity index (χ1v) is 5.11. The van der Waals surface area contributed by atoms with Gasteiger partial charge in [-0.15, -0.1) is 0 Å². The van der Waals surface area contributed by atoms with Crippen molar-refractivity contribution in [3.8, 4) is 0 Å². The van der Waals surface area contributed by atoms with Gasteiger partial charge < -0.3 is 10.4 Å². The number of aliphatic hydroxyl groups is 1. The van der Waals surface area contributed by atoms with E-state index in [1.165, 1.54) is 0 Å². The van der Waals surface area contributed by atoms with Gasteiger partial charge in [0.05, 0.1) is 6.10 Å². The van der Waals surface area contributed by atoms with E-state index < -0.39 is 0 Å². The van der Waals surface area contributed by atoms with Crippen LogP contribution in [0.2, 0.25) is 0 Å². The summed E-state index contributed by atoms with van der Waals surface area (Å²) in [7, 11) is 1.88. The Bertz CT molecular complexity index is 265. The van der Waals surface area contributed by atoms with E-state index in [0.717, 1.165) is 23.0 Å². The van der Waals surface area contributed by atoms with Crippen LogP contribution >= 0.6 is 15.9 Å². The van der Waals surface area contributed by atoms with E-state index in [-0.39, 0.29) is 6.10 Å². The minimum absolute atomic E-state index is 0.370. The van der Waals surface area contributed by atoms with Crippen molar-refractivity contribution in [2.75, 3.05) is 13.6 Å². The minimum Gasteiger partial charge on any atom is -0.388 e. The van der Waals surface area contributed by atoms with Crippen molar-refractivity contribution in [2.45, 2.75) is 12.5 Å². The average molecular weight is 244 g/mol. The fraction of sp³-hybridized carbons (Fsp3) is 0.400. The lowest BCUT2D eigenvalue weighted by molar-refractivity contribution is 0.167. The maximum atomic E-state index is 9.72. The molecule has 0 bridgehead atoms. The molecule has 1 rings (SSSR count). The first-order valence-electron chi connectivity index (χ1n) is 4.32. The van der Waals surface area contributed by atoms with E-state index in [1.807, 2.05) is 31.3 Å². The minimum atomic E-state index is -0.370. The molecule has 0 saturated heterocycles. The largest absolute Gasteiger partial charge is 0.388 e. The lowest BCUT2D eigenvalue weighted by atomic mass is 10.1. The van der Waals surface area contributed by atoms with Crippen LogP contribution in [-0.4, -0.2) is 18.7 Å². The summed E-state index contributed by atoms with van der Waals surface area (Å²) < 4.78 is 1.01. The molecule has 0 amide bonds. The summed E-state index contributed by atoms with van der Waals surface area (Å²) >= 11 is 3.37. The van der Waals surface area contributed by atoms with Gasteiger partial charge >= 0.3 is 0 Å². The van der Waals surface area contributed by atoms with Crippen molar-refractivity contribution in [1.29, 1.82) is 0 Å². The van der Waals surface area contributed by atoms with Crippen LogP contribution in [0.15, 0.2) is 28.7 Å². The Morgan fingerprint density at radius 2 is 2.31 bits per heavy atom. The number of rotatable bonds is 4. The quantitative estimate of drug-likeness (QED) is 0.850. The van der Waals surface area contributed by atoms with Crippen molar-refractivity contribution >= 4 is 15.9 Å². The third-order valence-electron chi connectivity index (χ3n) is 1.90. The molecule has 2 nitrogen and oxygen atoms in total. The van der Waals surface area contributed by atoms with Crippen LogP contribution in [0.3, 0.4) is 0 Å². The number of benzene rings is 1. The molecule has 1 aromatic carbocycles. The van der Waals surface area contributed by atoms with Crippen molar-refractivity contribution < 1.29 is 5.11 Å². The molecule has 1 aromatic rings. The Hall–Kier alpha value is -0.380. The van der Waals surface area contributed by atoms with Gasteiger partial charge in [-0.05, 0) is 37.7 Å². The van der Waals surface area contributed by atoms with Crippen LogP contribution in [0.25, 0.3) is 0 Å².